The zero-order chi connectivity index (χ0) is 16.1. The van der Waals surface area contributed by atoms with Crippen LogP contribution in [0.5, 0.6) is 0 Å². The Morgan fingerprint density at radius 2 is 2.09 bits per heavy atom. The molecule has 5 heteroatoms. The van der Waals surface area contributed by atoms with E-state index >= 15 is 0 Å². The van der Waals surface area contributed by atoms with E-state index in [-0.39, 0.29) is 0 Å². The average Bonchev–Trinajstić information content (AvgIpc) is 3.34. The molecule has 0 amide bonds. The predicted molar refractivity (Wildman–Crippen MR) is 94.1 cm³/mol. The molecule has 2 unspecified atom stereocenters. The van der Waals surface area contributed by atoms with E-state index in [0.717, 1.165) is 45.4 Å². The van der Waals surface area contributed by atoms with Gasteiger partial charge in [0.25, 0.3) is 0 Å². The topological polar surface area (TPSA) is 48.9 Å². The number of nitrogens with one attached hydrogen (secondary N) is 2. The van der Waals surface area contributed by atoms with Crippen LogP contribution in [0.3, 0.4) is 0 Å². The number of benzene rings is 1. The van der Waals surface area contributed by atoms with Gasteiger partial charge in [-0.3, -0.25) is 9.89 Å². The normalized spacial score (nSPS) is 25.2. The summed E-state index contributed by atoms with van der Waals surface area (Å²) in [4.78, 5) is 6.78. The molecule has 1 saturated heterocycles. The highest BCUT2D eigenvalue weighted by atomic mass is 16.5. The second-order valence-corrected chi connectivity index (χ2v) is 6.40. The van der Waals surface area contributed by atoms with Crippen LogP contribution in [0.2, 0.25) is 0 Å². The zero-order valence-electron chi connectivity index (χ0n) is 14.2. The first-order chi connectivity index (χ1) is 11.3. The van der Waals surface area contributed by atoms with Crippen LogP contribution < -0.4 is 10.6 Å². The van der Waals surface area contributed by atoms with Gasteiger partial charge in [0.2, 0.25) is 0 Å². The molecular formula is C18H28N4O. The largest absolute Gasteiger partial charge is 0.379 e. The first-order valence-corrected chi connectivity index (χ1v) is 8.60. The van der Waals surface area contributed by atoms with Gasteiger partial charge in [0.05, 0.1) is 13.2 Å². The lowest BCUT2D eigenvalue weighted by Gasteiger charge is -2.26. The minimum atomic E-state index is 0.505. The third kappa shape index (κ3) is 4.45. The molecule has 2 fully saturated rings. The molecule has 1 aromatic rings. The highest BCUT2D eigenvalue weighted by Gasteiger charge is 2.39. The van der Waals surface area contributed by atoms with E-state index in [2.05, 4.69) is 51.7 Å². The SMILES string of the molecule is CN=C(NCCN1CCOCC1)NC1CC1c1ccccc1C. The van der Waals surface area contributed by atoms with Gasteiger partial charge in [-0.1, -0.05) is 24.3 Å². The summed E-state index contributed by atoms with van der Waals surface area (Å²) < 4.78 is 5.37. The zero-order valence-corrected chi connectivity index (χ0v) is 14.2. The third-order valence-electron chi connectivity index (χ3n) is 4.75. The van der Waals surface area contributed by atoms with E-state index in [9.17, 15) is 0 Å². The highest BCUT2D eigenvalue weighted by Crippen LogP contribution is 2.41. The van der Waals surface area contributed by atoms with Crippen molar-refractivity contribution in [2.24, 2.45) is 4.99 Å². The van der Waals surface area contributed by atoms with Crippen LogP contribution in [0.25, 0.3) is 0 Å². The first kappa shape index (κ1) is 16.3. The van der Waals surface area contributed by atoms with Gasteiger partial charge in [0.15, 0.2) is 5.96 Å². The van der Waals surface area contributed by atoms with Crippen LogP contribution in [0.15, 0.2) is 29.3 Å². The maximum absolute atomic E-state index is 5.37. The molecule has 126 valence electrons. The molecule has 1 heterocycles. The fourth-order valence-corrected chi connectivity index (χ4v) is 3.23. The minimum absolute atomic E-state index is 0.505. The summed E-state index contributed by atoms with van der Waals surface area (Å²) in [6.07, 6.45) is 1.19. The number of nitrogens with zero attached hydrogens (tertiary/aromatic N) is 2. The molecule has 0 bridgehead atoms. The average molecular weight is 316 g/mol. The Morgan fingerprint density at radius 3 is 2.83 bits per heavy atom. The van der Waals surface area contributed by atoms with Crippen LogP contribution >= 0.6 is 0 Å². The van der Waals surface area contributed by atoms with Crippen molar-refractivity contribution < 1.29 is 4.74 Å². The van der Waals surface area contributed by atoms with E-state index in [0.29, 0.717) is 12.0 Å². The maximum atomic E-state index is 5.37. The predicted octanol–water partition coefficient (Wildman–Crippen LogP) is 1.35. The smallest absolute Gasteiger partial charge is 0.191 e. The molecular weight excluding hydrogens is 288 g/mol. The van der Waals surface area contributed by atoms with Crippen LogP contribution in [-0.4, -0.2) is 63.3 Å². The summed E-state index contributed by atoms with van der Waals surface area (Å²) >= 11 is 0. The molecule has 1 saturated carbocycles. The fraction of sp³-hybridized carbons (Fsp3) is 0.611. The number of aliphatic imine (C=N–C) groups is 1. The Bertz CT molecular complexity index is 540. The maximum Gasteiger partial charge on any atom is 0.191 e. The molecule has 0 radical (unpaired) electrons. The fourth-order valence-electron chi connectivity index (χ4n) is 3.23. The minimum Gasteiger partial charge on any atom is -0.379 e. The third-order valence-corrected chi connectivity index (χ3v) is 4.75. The number of hydrogen-bond acceptors (Lipinski definition) is 3. The van der Waals surface area contributed by atoms with Crippen LogP contribution in [0, 0.1) is 6.92 Å². The summed E-state index contributed by atoms with van der Waals surface area (Å²) in [6, 6.07) is 9.19. The summed E-state index contributed by atoms with van der Waals surface area (Å²) in [6.45, 7) is 7.93. The molecule has 0 aromatic heterocycles. The first-order valence-electron chi connectivity index (χ1n) is 8.60. The molecule has 2 aliphatic rings. The molecule has 2 N–H and O–H groups in total. The summed E-state index contributed by atoms with van der Waals surface area (Å²) in [5.74, 6) is 1.54. The number of ether oxygens (including phenoxy) is 1. The van der Waals surface area contributed by atoms with E-state index in [4.69, 9.17) is 4.74 Å². The van der Waals surface area contributed by atoms with E-state index < -0.39 is 0 Å². The van der Waals surface area contributed by atoms with Crippen molar-refractivity contribution in [3.05, 3.63) is 35.4 Å². The van der Waals surface area contributed by atoms with Crippen molar-refractivity contribution in [1.29, 1.82) is 0 Å². The van der Waals surface area contributed by atoms with Crippen molar-refractivity contribution in [3.63, 3.8) is 0 Å². The van der Waals surface area contributed by atoms with E-state index in [1.807, 2.05) is 7.05 Å². The highest BCUT2D eigenvalue weighted by molar-refractivity contribution is 5.80. The molecule has 1 aliphatic carbocycles. The van der Waals surface area contributed by atoms with Gasteiger partial charge < -0.3 is 15.4 Å². The van der Waals surface area contributed by atoms with Gasteiger partial charge in [-0.2, -0.15) is 0 Å². The van der Waals surface area contributed by atoms with Gasteiger partial charge in [0.1, 0.15) is 0 Å². The number of guanidine groups is 1. The standard InChI is InChI=1S/C18H28N4O/c1-14-5-3-4-6-15(14)16-13-17(16)21-18(19-2)20-7-8-22-9-11-23-12-10-22/h3-6,16-17H,7-13H2,1-2H3,(H2,19,20,21). The number of aryl methyl sites for hydroxylation is 1. The van der Waals surface area contributed by atoms with Crippen molar-refractivity contribution in [1.82, 2.24) is 15.5 Å². The second kappa shape index (κ2) is 7.79. The van der Waals surface area contributed by atoms with E-state index in [1.165, 1.54) is 17.5 Å². The van der Waals surface area contributed by atoms with Crippen LogP contribution in [0.4, 0.5) is 0 Å². The van der Waals surface area contributed by atoms with Gasteiger partial charge in [-0.25, -0.2) is 0 Å². The number of hydrogen-bond donors (Lipinski definition) is 2. The molecule has 5 nitrogen and oxygen atoms in total. The molecule has 1 aromatic carbocycles. The quantitative estimate of drug-likeness (QED) is 0.636. The summed E-state index contributed by atoms with van der Waals surface area (Å²) in [5.41, 5.74) is 2.85. The Hall–Kier alpha value is -1.59. The van der Waals surface area contributed by atoms with Crippen LogP contribution in [0.1, 0.15) is 23.5 Å². The molecule has 1 aliphatic heterocycles. The van der Waals surface area contributed by atoms with Crippen molar-refractivity contribution in [2.75, 3.05) is 46.4 Å². The Balaban J connectivity index is 1.41. The number of morpholine rings is 1. The van der Waals surface area contributed by atoms with E-state index in [1.54, 1.807) is 0 Å². The van der Waals surface area contributed by atoms with Gasteiger partial charge >= 0.3 is 0 Å². The number of rotatable bonds is 5. The monoisotopic (exact) mass is 316 g/mol. The van der Waals surface area contributed by atoms with Crippen molar-refractivity contribution in [3.8, 4) is 0 Å². The van der Waals surface area contributed by atoms with Gasteiger partial charge in [0, 0.05) is 45.2 Å². The van der Waals surface area contributed by atoms with Gasteiger partial charge in [-0.05, 0) is 24.5 Å². The lowest BCUT2D eigenvalue weighted by Crippen LogP contribution is -2.45. The molecule has 23 heavy (non-hydrogen) atoms. The van der Waals surface area contributed by atoms with Crippen LogP contribution in [-0.2, 0) is 4.74 Å². The molecule has 0 spiro atoms. The Kier molecular flexibility index (Phi) is 5.51. The Morgan fingerprint density at radius 1 is 1.30 bits per heavy atom. The lowest BCUT2D eigenvalue weighted by atomic mass is 10.0. The van der Waals surface area contributed by atoms with Crippen molar-refractivity contribution in [2.45, 2.75) is 25.3 Å². The molecule has 2 atom stereocenters. The van der Waals surface area contributed by atoms with Crippen molar-refractivity contribution >= 4 is 5.96 Å². The summed E-state index contributed by atoms with van der Waals surface area (Å²) in [5, 5.41) is 6.98. The lowest BCUT2D eigenvalue weighted by molar-refractivity contribution is 0.0389. The summed E-state index contributed by atoms with van der Waals surface area (Å²) in [7, 11) is 1.84. The van der Waals surface area contributed by atoms with Gasteiger partial charge in [-0.15, -0.1) is 0 Å². The second-order valence-electron chi connectivity index (χ2n) is 6.40. The Labute approximate surface area is 139 Å². The molecule has 3 rings (SSSR count).